The van der Waals surface area contributed by atoms with Gasteiger partial charge in [0, 0.05) is 0 Å². The van der Waals surface area contributed by atoms with E-state index in [4.69, 9.17) is 0 Å². The standard InChI is InChI=1S/C40H38Si/c1-5-7-33-12-14-34(15-13-33)16-17-35-20-26-39(27-21-35)41(4,38-24-10-31(2)11-25-38)40-28-22-36(23-29-40)18-19-37-9-6-8-32(3)30-37/h5-30H,1-4H3. The van der Waals surface area contributed by atoms with Gasteiger partial charge in [-0.15, -0.1) is 0 Å². The highest BCUT2D eigenvalue weighted by atomic mass is 28.3. The summed E-state index contributed by atoms with van der Waals surface area (Å²) in [6, 6.07) is 44.8. The topological polar surface area (TPSA) is 0 Å². The van der Waals surface area contributed by atoms with E-state index < -0.39 is 8.07 Å². The summed E-state index contributed by atoms with van der Waals surface area (Å²) >= 11 is 0. The number of aryl methyl sites for hydroxylation is 2. The Morgan fingerprint density at radius 1 is 0.415 bits per heavy atom. The van der Waals surface area contributed by atoms with Gasteiger partial charge in [0.05, 0.1) is 0 Å². The van der Waals surface area contributed by atoms with E-state index in [2.05, 4.69) is 178 Å². The van der Waals surface area contributed by atoms with Crippen molar-refractivity contribution in [3.8, 4) is 0 Å². The van der Waals surface area contributed by atoms with Crippen molar-refractivity contribution < 1.29 is 0 Å². The average molecular weight is 547 g/mol. The molecule has 202 valence electrons. The van der Waals surface area contributed by atoms with E-state index in [-0.39, 0.29) is 0 Å². The first-order chi connectivity index (χ1) is 19.9. The maximum Gasteiger partial charge on any atom is 0.145 e. The van der Waals surface area contributed by atoms with Crippen LogP contribution in [0.3, 0.4) is 0 Å². The second-order valence-corrected chi connectivity index (χ2v) is 15.0. The van der Waals surface area contributed by atoms with E-state index in [9.17, 15) is 0 Å². The van der Waals surface area contributed by atoms with Crippen LogP contribution in [0.4, 0.5) is 0 Å². The summed E-state index contributed by atoms with van der Waals surface area (Å²) in [6.45, 7) is 8.82. The molecule has 0 fully saturated rings. The molecule has 0 aliphatic heterocycles. The van der Waals surface area contributed by atoms with Crippen LogP contribution in [0.25, 0.3) is 30.4 Å². The molecule has 1 atom stereocenters. The summed E-state index contributed by atoms with van der Waals surface area (Å²) in [6.07, 6.45) is 13.0. The fraction of sp³-hybridized carbons (Fsp3) is 0.100. The highest BCUT2D eigenvalue weighted by molar-refractivity contribution is 7.10. The van der Waals surface area contributed by atoms with Crippen molar-refractivity contribution in [2.45, 2.75) is 27.3 Å². The third-order valence-corrected chi connectivity index (χ3v) is 12.3. The number of allylic oxidation sites excluding steroid dienone is 1. The largest absolute Gasteiger partial charge is 0.145 e. The predicted molar refractivity (Wildman–Crippen MR) is 185 cm³/mol. The van der Waals surface area contributed by atoms with E-state index in [1.807, 2.05) is 6.92 Å². The SMILES string of the molecule is CC=Cc1ccc(C=Cc2ccc([Si](C)(c3ccc(C)cc3)c3ccc(C=Cc4cccc(C)c4)cc3)cc2)cc1. The minimum atomic E-state index is -2.20. The van der Waals surface area contributed by atoms with Gasteiger partial charge in [-0.05, 0) is 64.1 Å². The third-order valence-electron chi connectivity index (χ3n) is 7.88. The number of benzene rings is 5. The minimum Gasteiger partial charge on any atom is -0.0871 e. The zero-order valence-corrected chi connectivity index (χ0v) is 25.5. The molecule has 0 nitrogen and oxygen atoms in total. The average Bonchev–Trinajstić information content (AvgIpc) is 3.00. The molecule has 0 aromatic heterocycles. The molecule has 0 aliphatic carbocycles. The molecule has 0 saturated heterocycles. The van der Waals surface area contributed by atoms with Gasteiger partial charge in [-0.3, -0.25) is 0 Å². The lowest BCUT2D eigenvalue weighted by atomic mass is 10.1. The molecule has 0 aliphatic rings. The quantitative estimate of drug-likeness (QED) is 0.104. The van der Waals surface area contributed by atoms with Crippen molar-refractivity contribution in [3.05, 3.63) is 166 Å². The van der Waals surface area contributed by atoms with Gasteiger partial charge in [-0.2, -0.15) is 0 Å². The maximum atomic E-state index is 2.48. The molecule has 0 spiro atoms. The lowest BCUT2D eigenvalue weighted by Gasteiger charge is -2.30. The fourth-order valence-electron chi connectivity index (χ4n) is 5.31. The first kappa shape index (κ1) is 28.1. The van der Waals surface area contributed by atoms with Gasteiger partial charge in [0.15, 0.2) is 0 Å². The van der Waals surface area contributed by atoms with E-state index in [1.165, 1.54) is 54.5 Å². The first-order valence-electron chi connectivity index (χ1n) is 14.4. The van der Waals surface area contributed by atoms with Crippen LogP contribution in [-0.4, -0.2) is 8.07 Å². The van der Waals surface area contributed by atoms with Crippen molar-refractivity contribution in [1.82, 2.24) is 0 Å². The Kier molecular flexibility index (Phi) is 8.77. The normalized spacial score (nSPS) is 13.3. The van der Waals surface area contributed by atoms with Crippen molar-refractivity contribution >= 4 is 54.0 Å². The van der Waals surface area contributed by atoms with Crippen LogP contribution in [-0.2, 0) is 0 Å². The molecule has 5 aromatic carbocycles. The fourth-order valence-corrected chi connectivity index (χ4v) is 8.81. The van der Waals surface area contributed by atoms with Crippen LogP contribution in [0.5, 0.6) is 0 Å². The van der Waals surface area contributed by atoms with E-state index in [1.54, 1.807) is 0 Å². The number of hydrogen-bond acceptors (Lipinski definition) is 0. The summed E-state index contributed by atoms with van der Waals surface area (Å²) in [4.78, 5) is 0. The van der Waals surface area contributed by atoms with Crippen molar-refractivity contribution in [2.75, 3.05) is 0 Å². The first-order valence-corrected chi connectivity index (χ1v) is 16.9. The van der Waals surface area contributed by atoms with Gasteiger partial charge < -0.3 is 0 Å². The van der Waals surface area contributed by atoms with Gasteiger partial charge in [0.25, 0.3) is 0 Å². The van der Waals surface area contributed by atoms with Gasteiger partial charge in [-0.1, -0.05) is 175 Å². The zero-order valence-electron chi connectivity index (χ0n) is 24.5. The Balaban J connectivity index is 1.43. The maximum absolute atomic E-state index is 2.48. The van der Waals surface area contributed by atoms with Crippen molar-refractivity contribution in [2.24, 2.45) is 0 Å². The van der Waals surface area contributed by atoms with Gasteiger partial charge in [-0.25, -0.2) is 0 Å². The molecule has 41 heavy (non-hydrogen) atoms. The Labute approximate surface area is 247 Å². The van der Waals surface area contributed by atoms with Gasteiger partial charge in [0.1, 0.15) is 8.07 Å². The molecule has 0 radical (unpaired) electrons. The third kappa shape index (κ3) is 6.82. The van der Waals surface area contributed by atoms with E-state index in [0.717, 1.165) is 0 Å². The summed E-state index contributed by atoms with van der Waals surface area (Å²) < 4.78 is 0. The molecular formula is C40H38Si. The van der Waals surface area contributed by atoms with E-state index in [0.29, 0.717) is 0 Å². The summed E-state index contributed by atoms with van der Waals surface area (Å²) in [5, 5.41) is 4.26. The summed E-state index contributed by atoms with van der Waals surface area (Å²) in [7, 11) is -2.20. The lowest BCUT2D eigenvalue weighted by molar-refractivity contribution is 1.46. The second-order valence-electron chi connectivity index (χ2n) is 11.0. The molecular weight excluding hydrogens is 509 g/mol. The molecule has 1 unspecified atom stereocenters. The van der Waals surface area contributed by atoms with Crippen LogP contribution in [0.15, 0.2) is 127 Å². The summed E-state index contributed by atoms with van der Waals surface area (Å²) in [5.41, 5.74) is 8.66. The number of rotatable bonds is 8. The zero-order chi connectivity index (χ0) is 28.7. The van der Waals surface area contributed by atoms with Crippen LogP contribution in [0, 0.1) is 13.8 Å². The molecule has 0 N–H and O–H groups in total. The van der Waals surface area contributed by atoms with Crippen LogP contribution < -0.4 is 15.6 Å². The van der Waals surface area contributed by atoms with Crippen LogP contribution in [0.2, 0.25) is 6.55 Å². The Morgan fingerprint density at radius 2 is 0.805 bits per heavy atom. The monoisotopic (exact) mass is 546 g/mol. The molecule has 0 amide bonds. The Morgan fingerprint density at radius 3 is 1.24 bits per heavy atom. The molecule has 0 bridgehead atoms. The van der Waals surface area contributed by atoms with Crippen LogP contribution >= 0.6 is 0 Å². The number of hydrogen-bond donors (Lipinski definition) is 0. The second kappa shape index (κ2) is 12.8. The highest BCUT2D eigenvalue weighted by Gasteiger charge is 2.33. The van der Waals surface area contributed by atoms with Crippen LogP contribution in [0.1, 0.15) is 45.9 Å². The van der Waals surface area contributed by atoms with E-state index >= 15 is 0 Å². The van der Waals surface area contributed by atoms with Gasteiger partial charge in [0.2, 0.25) is 0 Å². The Hall–Kier alpha value is -4.46. The van der Waals surface area contributed by atoms with Gasteiger partial charge >= 0.3 is 0 Å². The lowest BCUT2D eigenvalue weighted by Crippen LogP contribution is -2.64. The van der Waals surface area contributed by atoms with Crippen molar-refractivity contribution in [1.29, 1.82) is 0 Å². The van der Waals surface area contributed by atoms with Crippen molar-refractivity contribution in [3.63, 3.8) is 0 Å². The molecule has 1 heteroatoms. The highest BCUT2D eigenvalue weighted by Crippen LogP contribution is 2.15. The molecule has 0 saturated carbocycles. The Bertz CT molecular complexity index is 1670. The smallest absolute Gasteiger partial charge is 0.0871 e. The predicted octanol–water partition coefficient (Wildman–Crippen LogP) is 8.78. The summed E-state index contributed by atoms with van der Waals surface area (Å²) in [5.74, 6) is 0. The minimum absolute atomic E-state index is 1.21. The molecule has 5 rings (SSSR count). The molecule has 0 heterocycles. The molecule has 5 aromatic rings.